The van der Waals surface area contributed by atoms with E-state index in [2.05, 4.69) is 25.2 Å². The normalized spacial score (nSPS) is 16.4. The van der Waals surface area contributed by atoms with Gasteiger partial charge in [0.25, 0.3) is 5.91 Å². The molecule has 0 aromatic carbocycles. The van der Waals surface area contributed by atoms with Gasteiger partial charge in [0.2, 0.25) is 0 Å². The number of morpholine rings is 1. The SMILES string of the molecule is CNC(=O)c1ccc(-c2cccc(C3CN(c4cc(C)nc(C)n4)CCO3)n2)cn1. The van der Waals surface area contributed by atoms with Crippen molar-refractivity contribution < 1.29 is 9.53 Å². The molecule has 1 unspecified atom stereocenters. The monoisotopic (exact) mass is 404 g/mol. The van der Waals surface area contributed by atoms with Gasteiger partial charge < -0.3 is 15.0 Å². The van der Waals surface area contributed by atoms with Crippen molar-refractivity contribution in [1.82, 2.24) is 25.3 Å². The second-order valence-corrected chi connectivity index (χ2v) is 7.18. The molecule has 8 nitrogen and oxygen atoms in total. The largest absolute Gasteiger partial charge is 0.368 e. The minimum Gasteiger partial charge on any atom is -0.368 e. The Labute approximate surface area is 175 Å². The highest BCUT2D eigenvalue weighted by molar-refractivity contribution is 5.92. The molecule has 0 saturated carbocycles. The van der Waals surface area contributed by atoms with Gasteiger partial charge in [0.15, 0.2) is 0 Å². The summed E-state index contributed by atoms with van der Waals surface area (Å²) < 4.78 is 6.02. The lowest BCUT2D eigenvalue weighted by molar-refractivity contribution is 0.0368. The van der Waals surface area contributed by atoms with Crippen LogP contribution in [0.15, 0.2) is 42.6 Å². The number of aryl methyl sites for hydroxylation is 2. The first kappa shape index (κ1) is 19.9. The summed E-state index contributed by atoms with van der Waals surface area (Å²) in [6.45, 7) is 5.92. The molecule has 30 heavy (non-hydrogen) atoms. The van der Waals surface area contributed by atoms with Crippen molar-refractivity contribution in [3.05, 3.63) is 65.5 Å². The van der Waals surface area contributed by atoms with Crippen molar-refractivity contribution in [3.63, 3.8) is 0 Å². The third-order valence-electron chi connectivity index (χ3n) is 4.96. The van der Waals surface area contributed by atoms with Crippen LogP contribution in [0.25, 0.3) is 11.3 Å². The van der Waals surface area contributed by atoms with Crippen LogP contribution < -0.4 is 10.2 Å². The zero-order valence-electron chi connectivity index (χ0n) is 17.3. The Bertz CT molecular complexity index is 1030. The van der Waals surface area contributed by atoms with Gasteiger partial charge in [-0.25, -0.2) is 15.0 Å². The summed E-state index contributed by atoms with van der Waals surface area (Å²) >= 11 is 0. The number of hydrogen-bond donors (Lipinski definition) is 1. The second kappa shape index (κ2) is 8.54. The number of hydrogen-bond acceptors (Lipinski definition) is 7. The molecule has 3 aromatic heterocycles. The second-order valence-electron chi connectivity index (χ2n) is 7.18. The van der Waals surface area contributed by atoms with Gasteiger partial charge in [-0.3, -0.25) is 9.78 Å². The predicted octanol–water partition coefficient (Wildman–Crippen LogP) is 2.49. The fraction of sp³-hybridized carbons (Fsp3) is 0.318. The van der Waals surface area contributed by atoms with Crippen molar-refractivity contribution in [3.8, 4) is 11.3 Å². The first-order chi connectivity index (χ1) is 14.5. The first-order valence-electron chi connectivity index (χ1n) is 9.88. The number of amides is 1. The van der Waals surface area contributed by atoms with E-state index in [1.165, 1.54) is 0 Å². The number of nitrogens with one attached hydrogen (secondary N) is 1. The smallest absolute Gasteiger partial charge is 0.269 e. The number of rotatable bonds is 4. The quantitative estimate of drug-likeness (QED) is 0.714. The maximum atomic E-state index is 11.7. The molecule has 1 atom stereocenters. The van der Waals surface area contributed by atoms with Crippen LogP contribution >= 0.6 is 0 Å². The summed E-state index contributed by atoms with van der Waals surface area (Å²) in [7, 11) is 1.58. The fourth-order valence-corrected chi connectivity index (χ4v) is 3.50. The lowest BCUT2D eigenvalue weighted by Crippen LogP contribution is -2.39. The third kappa shape index (κ3) is 4.28. The summed E-state index contributed by atoms with van der Waals surface area (Å²) in [5.41, 5.74) is 3.82. The van der Waals surface area contributed by atoms with Crippen LogP contribution in [-0.2, 0) is 4.74 Å². The summed E-state index contributed by atoms with van der Waals surface area (Å²) in [6.07, 6.45) is 1.50. The van der Waals surface area contributed by atoms with E-state index in [4.69, 9.17) is 9.72 Å². The number of pyridine rings is 2. The molecule has 1 amide bonds. The Kier molecular flexibility index (Phi) is 5.67. The van der Waals surface area contributed by atoms with Gasteiger partial charge in [0.1, 0.15) is 23.4 Å². The van der Waals surface area contributed by atoms with Gasteiger partial charge in [-0.05, 0) is 38.1 Å². The summed E-state index contributed by atoms with van der Waals surface area (Å²) in [6, 6.07) is 11.4. The van der Waals surface area contributed by atoms with E-state index < -0.39 is 0 Å². The number of carbonyl (C=O) groups is 1. The van der Waals surface area contributed by atoms with Crippen molar-refractivity contribution in [2.75, 3.05) is 31.6 Å². The van der Waals surface area contributed by atoms with E-state index in [0.29, 0.717) is 18.8 Å². The van der Waals surface area contributed by atoms with Gasteiger partial charge in [-0.15, -0.1) is 0 Å². The zero-order chi connectivity index (χ0) is 21.1. The molecule has 0 spiro atoms. The molecule has 0 aliphatic carbocycles. The number of aromatic nitrogens is 4. The van der Waals surface area contributed by atoms with E-state index in [1.54, 1.807) is 19.3 Å². The van der Waals surface area contributed by atoms with Gasteiger partial charge in [-0.1, -0.05) is 6.07 Å². The fourth-order valence-electron chi connectivity index (χ4n) is 3.50. The van der Waals surface area contributed by atoms with Crippen LogP contribution in [0.5, 0.6) is 0 Å². The summed E-state index contributed by atoms with van der Waals surface area (Å²) in [5, 5.41) is 2.57. The Hall–Kier alpha value is -3.39. The number of carbonyl (C=O) groups excluding carboxylic acids is 1. The van der Waals surface area contributed by atoms with Gasteiger partial charge in [0.05, 0.1) is 24.5 Å². The lowest BCUT2D eigenvalue weighted by atomic mass is 10.1. The van der Waals surface area contributed by atoms with Crippen molar-refractivity contribution in [1.29, 1.82) is 0 Å². The Morgan fingerprint density at radius 1 is 1.17 bits per heavy atom. The average Bonchev–Trinajstić information content (AvgIpc) is 2.78. The van der Waals surface area contributed by atoms with Crippen LogP contribution in [-0.4, -0.2) is 52.6 Å². The van der Waals surface area contributed by atoms with Crippen LogP contribution in [0.3, 0.4) is 0 Å². The highest BCUT2D eigenvalue weighted by Crippen LogP contribution is 2.26. The molecular formula is C22H24N6O2. The van der Waals surface area contributed by atoms with E-state index in [1.807, 2.05) is 44.2 Å². The number of nitrogens with zero attached hydrogens (tertiary/aromatic N) is 5. The minimum atomic E-state index is -0.214. The maximum absolute atomic E-state index is 11.7. The highest BCUT2D eigenvalue weighted by atomic mass is 16.5. The number of anilines is 1. The van der Waals surface area contributed by atoms with Gasteiger partial charge >= 0.3 is 0 Å². The van der Waals surface area contributed by atoms with Crippen molar-refractivity contribution in [2.45, 2.75) is 20.0 Å². The highest BCUT2D eigenvalue weighted by Gasteiger charge is 2.24. The average molecular weight is 404 g/mol. The van der Waals surface area contributed by atoms with Crippen molar-refractivity contribution >= 4 is 11.7 Å². The van der Waals surface area contributed by atoms with E-state index in [-0.39, 0.29) is 12.0 Å². The van der Waals surface area contributed by atoms with Gasteiger partial charge in [0, 0.05) is 37.1 Å². The molecule has 0 radical (unpaired) electrons. The molecule has 1 fully saturated rings. The van der Waals surface area contributed by atoms with Gasteiger partial charge in [-0.2, -0.15) is 0 Å². The van der Waals surface area contributed by atoms with E-state index in [0.717, 1.165) is 40.8 Å². The standard InChI is InChI=1S/C22H24N6O2/c1-14-11-21(26-15(2)25-14)28-9-10-30-20(13-28)18-6-4-5-17(27-18)16-7-8-19(24-12-16)22(29)23-3/h4-8,11-12,20H,9-10,13H2,1-3H3,(H,23,29). The maximum Gasteiger partial charge on any atom is 0.269 e. The Morgan fingerprint density at radius 3 is 2.77 bits per heavy atom. The molecular weight excluding hydrogens is 380 g/mol. The molecule has 3 aromatic rings. The first-order valence-corrected chi connectivity index (χ1v) is 9.88. The molecule has 4 heterocycles. The minimum absolute atomic E-state index is 0.160. The lowest BCUT2D eigenvalue weighted by Gasteiger charge is -2.33. The van der Waals surface area contributed by atoms with E-state index >= 15 is 0 Å². The predicted molar refractivity (Wildman–Crippen MR) is 113 cm³/mol. The molecule has 1 aliphatic heterocycles. The van der Waals surface area contributed by atoms with Crippen LogP contribution in [0.1, 0.15) is 33.8 Å². The van der Waals surface area contributed by atoms with Crippen LogP contribution in [0.2, 0.25) is 0 Å². The molecule has 1 saturated heterocycles. The molecule has 8 heteroatoms. The van der Waals surface area contributed by atoms with E-state index in [9.17, 15) is 4.79 Å². The zero-order valence-corrected chi connectivity index (χ0v) is 17.3. The number of ether oxygens (including phenoxy) is 1. The summed E-state index contributed by atoms with van der Waals surface area (Å²) in [4.78, 5) is 31.9. The molecule has 4 rings (SSSR count). The molecule has 154 valence electrons. The van der Waals surface area contributed by atoms with Crippen LogP contribution in [0, 0.1) is 13.8 Å². The van der Waals surface area contributed by atoms with Crippen LogP contribution in [0.4, 0.5) is 5.82 Å². The molecule has 1 aliphatic rings. The summed E-state index contributed by atoms with van der Waals surface area (Å²) in [5.74, 6) is 1.47. The molecule has 0 bridgehead atoms. The molecule has 1 N–H and O–H groups in total. The topological polar surface area (TPSA) is 93.1 Å². The van der Waals surface area contributed by atoms with Crippen molar-refractivity contribution in [2.24, 2.45) is 0 Å². The Morgan fingerprint density at radius 2 is 2.03 bits per heavy atom. The third-order valence-corrected chi connectivity index (χ3v) is 4.96. The Balaban J connectivity index is 1.55.